The summed E-state index contributed by atoms with van der Waals surface area (Å²) >= 11 is 0. The summed E-state index contributed by atoms with van der Waals surface area (Å²) in [5.41, 5.74) is 6.16. The van der Waals surface area contributed by atoms with Gasteiger partial charge in [-0.05, 0) is 45.4 Å². The zero-order chi connectivity index (χ0) is 11.8. The lowest BCUT2D eigenvalue weighted by Gasteiger charge is -2.40. The van der Waals surface area contributed by atoms with Gasteiger partial charge < -0.3 is 5.73 Å². The van der Waals surface area contributed by atoms with Crippen LogP contribution in [0.4, 0.5) is 0 Å². The SMILES string of the molecule is CC1CC(C)C(S(=O)C(C)(C)C)C(N)C1. The van der Waals surface area contributed by atoms with Crippen molar-refractivity contribution in [3.05, 3.63) is 0 Å². The van der Waals surface area contributed by atoms with Crippen molar-refractivity contribution in [3.63, 3.8) is 0 Å². The van der Waals surface area contributed by atoms with Crippen molar-refractivity contribution in [2.75, 3.05) is 0 Å². The van der Waals surface area contributed by atoms with E-state index in [1.165, 1.54) is 6.42 Å². The average molecular weight is 231 g/mol. The van der Waals surface area contributed by atoms with Crippen LogP contribution in [0.2, 0.25) is 0 Å². The van der Waals surface area contributed by atoms with Gasteiger partial charge in [0.15, 0.2) is 0 Å². The molecule has 1 aliphatic rings. The zero-order valence-electron chi connectivity index (χ0n) is 10.6. The summed E-state index contributed by atoms with van der Waals surface area (Å²) in [5.74, 6) is 1.17. The lowest BCUT2D eigenvalue weighted by molar-refractivity contribution is 0.274. The molecule has 1 aliphatic carbocycles. The minimum atomic E-state index is -0.824. The van der Waals surface area contributed by atoms with Gasteiger partial charge >= 0.3 is 0 Å². The topological polar surface area (TPSA) is 43.1 Å². The van der Waals surface area contributed by atoms with E-state index in [1.54, 1.807) is 0 Å². The van der Waals surface area contributed by atoms with E-state index >= 15 is 0 Å². The molecule has 0 bridgehead atoms. The lowest BCUT2D eigenvalue weighted by atomic mass is 9.80. The molecule has 15 heavy (non-hydrogen) atoms. The van der Waals surface area contributed by atoms with E-state index in [-0.39, 0.29) is 16.0 Å². The van der Waals surface area contributed by atoms with E-state index in [0.717, 1.165) is 6.42 Å². The lowest BCUT2D eigenvalue weighted by Crippen LogP contribution is -2.50. The summed E-state index contributed by atoms with van der Waals surface area (Å²) in [5, 5.41) is 0.182. The number of nitrogens with two attached hydrogens (primary N) is 1. The van der Waals surface area contributed by atoms with Crippen molar-refractivity contribution in [2.45, 2.75) is 63.5 Å². The molecule has 90 valence electrons. The Labute approximate surface area is 96.5 Å². The highest BCUT2D eigenvalue weighted by Crippen LogP contribution is 2.34. The van der Waals surface area contributed by atoms with Crippen LogP contribution in [-0.4, -0.2) is 20.2 Å². The van der Waals surface area contributed by atoms with Crippen LogP contribution in [0.5, 0.6) is 0 Å². The monoisotopic (exact) mass is 231 g/mol. The predicted octanol–water partition coefficient (Wildman–Crippen LogP) is 2.30. The molecule has 5 atom stereocenters. The van der Waals surface area contributed by atoms with Crippen molar-refractivity contribution < 1.29 is 4.21 Å². The third kappa shape index (κ3) is 3.04. The Morgan fingerprint density at radius 1 is 1.20 bits per heavy atom. The van der Waals surface area contributed by atoms with Crippen LogP contribution in [0.3, 0.4) is 0 Å². The van der Waals surface area contributed by atoms with Gasteiger partial charge in [-0.1, -0.05) is 13.8 Å². The second-order valence-electron chi connectivity index (χ2n) is 6.09. The molecule has 0 saturated heterocycles. The van der Waals surface area contributed by atoms with E-state index < -0.39 is 10.8 Å². The maximum atomic E-state index is 12.4. The van der Waals surface area contributed by atoms with Gasteiger partial charge in [0.2, 0.25) is 0 Å². The summed E-state index contributed by atoms with van der Waals surface area (Å²) in [6.45, 7) is 10.6. The first-order valence-electron chi connectivity index (χ1n) is 5.89. The molecule has 0 spiro atoms. The summed E-state index contributed by atoms with van der Waals surface area (Å²) in [7, 11) is -0.824. The molecule has 1 saturated carbocycles. The summed E-state index contributed by atoms with van der Waals surface area (Å²) in [6, 6.07) is 0.115. The van der Waals surface area contributed by atoms with E-state index in [2.05, 4.69) is 13.8 Å². The molecular formula is C12H25NOS. The van der Waals surface area contributed by atoms with Gasteiger partial charge in [-0.2, -0.15) is 0 Å². The summed E-state index contributed by atoms with van der Waals surface area (Å²) in [4.78, 5) is 0. The Hall–Kier alpha value is 0.110. The van der Waals surface area contributed by atoms with E-state index in [0.29, 0.717) is 11.8 Å². The van der Waals surface area contributed by atoms with Gasteiger partial charge in [-0.25, -0.2) is 0 Å². The normalized spacial score (nSPS) is 40.1. The van der Waals surface area contributed by atoms with Crippen molar-refractivity contribution >= 4 is 10.8 Å². The first-order chi connectivity index (χ1) is 6.73. The third-order valence-electron chi connectivity index (χ3n) is 3.28. The Morgan fingerprint density at radius 3 is 2.13 bits per heavy atom. The van der Waals surface area contributed by atoms with E-state index in [4.69, 9.17) is 5.73 Å². The summed E-state index contributed by atoms with van der Waals surface area (Å²) < 4.78 is 12.2. The maximum Gasteiger partial charge on any atom is 0.0530 e. The van der Waals surface area contributed by atoms with E-state index in [1.807, 2.05) is 20.8 Å². The van der Waals surface area contributed by atoms with Gasteiger partial charge in [0, 0.05) is 21.6 Å². The molecule has 0 aromatic carbocycles. The molecule has 1 fully saturated rings. The molecule has 0 aromatic heterocycles. The van der Waals surface area contributed by atoms with Crippen LogP contribution in [0.25, 0.3) is 0 Å². The fraction of sp³-hybridized carbons (Fsp3) is 1.00. The predicted molar refractivity (Wildman–Crippen MR) is 67.2 cm³/mol. The highest BCUT2D eigenvalue weighted by molar-refractivity contribution is 7.87. The molecule has 5 unspecified atom stereocenters. The van der Waals surface area contributed by atoms with Crippen LogP contribution in [0.1, 0.15) is 47.5 Å². The number of hydrogen-bond donors (Lipinski definition) is 1. The Balaban J connectivity index is 2.80. The van der Waals surface area contributed by atoms with Crippen LogP contribution in [-0.2, 0) is 10.8 Å². The molecule has 0 radical (unpaired) electrons. The van der Waals surface area contributed by atoms with Gasteiger partial charge in [0.05, 0.1) is 5.25 Å². The van der Waals surface area contributed by atoms with E-state index in [9.17, 15) is 4.21 Å². The molecule has 0 amide bonds. The van der Waals surface area contributed by atoms with Crippen LogP contribution in [0, 0.1) is 11.8 Å². The Bertz CT molecular complexity index is 234. The fourth-order valence-electron chi connectivity index (χ4n) is 2.66. The minimum absolute atomic E-state index is 0.115. The Morgan fingerprint density at radius 2 is 1.73 bits per heavy atom. The average Bonchev–Trinajstić information content (AvgIpc) is 1.99. The van der Waals surface area contributed by atoms with Crippen molar-refractivity contribution in [1.82, 2.24) is 0 Å². The molecule has 2 nitrogen and oxygen atoms in total. The highest BCUT2D eigenvalue weighted by Gasteiger charge is 2.39. The standard InChI is InChI=1S/C12H25NOS/c1-8-6-9(2)11(10(13)7-8)15(14)12(3,4)5/h8-11H,6-7,13H2,1-5H3. The molecule has 2 N–H and O–H groups in total. The van der Waals surface area contributed by atoms with Gasteiger partial charge in [0.25, 0.3) is 0 Å². The third-order valence-corrected chi connectivity index (χ3v) is 5.80. The van der Waals surface area contributed by atoms with Gasteiger partial charge in [-0.3, -0.25) is 4.21 Å². The number of rotatable bonds is 1. The number of hydrogen-bond acceptors (Lipinski definition) is 2. The molecule has 1 rings (SSSR count). The van der Waals surface area contributed by atoms with Crippen molar-refractivity contribution in [1.29, 1.82) is 0 Å². The summed E-state index contributed by atoms with van der Waals surface area (Å²) in [6.07, 6.45) is 2.19. The second kappa shape index (κ2) is 4.54. The fourth-order valence-corrected chi connectivity index (χ4v) is 4.44. The molecule has 0 aromatic rings. The first-order valence-corrected chi connectivity index (χ1v) is 7.11. The van der Waals surface area contributed by atoms with Gasteiger partial charge in [-0.15, -0.1) is 0 Å². The van der Waals surface area contributed by atoms with Gasteiger partial charge in [0.1, 0.15) is 0 Å². The molecule has 0 aliphatic heterocycles. The maximum absolute atomic E-state index is 12.4. The van der Waals surface area contributed by atoms with Crippen LogP contribution < -0.4 is 5.73 Å². The minimum Gasteiger partial charge on any atom is -0.327 e. The van der Waals surface area contributed by atoms with Crippen molar-refractivity contribution in [2.24, 2.45) is 17.6 Å². The second-order valence-corrected chi connectivity index (χ2v) is 8.46. The highest BCUT2D eigenvalue weighted by atomic mass is 32.2. The Kier molecular flexibility index (Phi) is 3.99. The molecule has 3 heteroatoms. The largest absolute Gasteiger partial charge is 0.327 e. The first kappa shape index (κ1) is 13.2. The van der Waals surface area contributed by atoms with Crippen LogP contribution in [0.15, 0.2) is 0 Å². The molecular weight excluding hydrogens is 206 g/mol. The van der Waals surface area contributed by atoms with Crippen molar-refractivity contribution in [3.8, 4) is 0 Å². The van der Waals surface area contributed by atoms with Crippen LogP contribution >= 0.6 is 0 Å². The molecule has 0 heterocycles. The smallest absolute Gasteiger partial charge is 0.0530 e. The quantitative estimate of drug-likeness (QED) is 0.752. The zero-order valence-corrected chi connectivity index (χ0v) is 11.4.